The van der Waals surface area contributed by atoms with Gasteiger partial charge in [0.05, 0.1) is 21.1 Å². The number of nitrogens with zero attached hydrogens (tertiary/aromatic N) is 1. The van der Waals surface area contributed by atoms with Crippen molar-refractivity contribution in [2.24, 2.45) is 0 Å². The Bertz CT molecular complexity index is 920. The first-order chi connectivity index (χ1) is 13.3. The highest BCUT2D eigenvalue weighted by molar-refractivity contribution is 6.43. The van der Waals surface area contributed by atoms with Crippen molar-refractivity contribution in [3.8, 4) is 0 Å². The summed E-state index contributed by atoms with van der Waals surface area (Å²) in [5, 5.41) is 21.6. The molecule has 1 aliphatic heterocycles. The van der Waals surface area contributed by atoms with Crippen LogP contribution in [0.1, 0.15) is 31.3 Å². The standard InChI is InChI=1S/C17H16Cl3NO6/c1-2-13(23)26-6-12-14(24)15(25)17(27-12)21-11-4-10(19)9(18)3-7(11)8(5-22)16(21)20/h3-5,12,14-15,17,24-25H,2,6H2,1H3/t12-,14-,15-,17?/m1/s1/i1D. The van der Waals surface area contributed by atoms with Gasteiger partial charge in [-0.1, -0.05) is 41.7 Å². The summed E-state index contributed by atoms with van der Waals surface area (Å²) >= 11 is 18.4. The maximum atomic E-state index is 11.5. The zero-order valence-electron chi connectivity index (χ0n) is 14.8. The Morgan fingerprint density at radius 3 is 2.70 bits per heavy atom. The summed E-state index contributed by atoms with van der Waals surface area (Å²) in [7, 11) is 0. The molecule has 2 N–H and O–H groups in total. The second kappa shape index (κ2) is 7.95. The molecule has 4 atom stereocenters. The number of benzene rings is 1. The van der Waals surface area contributed by atoms with E-state index in [0.29, 0.717) is 17.2 Å². The SMILES string of the molecule is [2H]CCC(=O)OC[C@H]1OC(n2c(Cl)c(C=O)c3cc(Cl)c(Cl)cc32)[C@H](O)[C@@H]1O. The van der Waals surface area contributed by atoms with Gasteiger partial charge in [-0.05, 0) is 12.1 Å². The number of hydrogen-bond donors (Lipinski definition) is 2. The van der Waals surface area contributed by atoms with Crippen LogP contribution in [0.4, 0.5) is 0 Å². The lowest BCUT2D eigenvalue weighted by Crippen LogP contribution is -2.34. The minimum atomic E-state index is -1.41. The van der Waals surface area contributed by atoms with Crippen molar-refractivity contribution in [2.75, 3.05) is 6.61 Å². The molecule has 0 radical (unpaired) electrons. The van der Waals surface area contributed by atoms with Gasteiger partial charge >= 0.3 is 5.97 Å². The highest BCUT2D eigenvalue weighted by Crippen LogP contribution is 2.40. The number of ether oxygens (including phenoxy) is 2. The molecule has 1 aliphatic rings. The Balaban J connectivity index is 1.96. The first-order valence-corrected chi connectivity index (χ1v) is 9.03. The third-order valence-electron chi connectivity index (χ3n) is 4.34. The number of fused-ring (bicyclic) bond motifs is 1. The van der Waals surface area contributed by atoms with Crippen LogP contribution in [0.2, 0.25) is 15.2 Å². The summed E-state index contributed by atoms with van der Waals surface area (Å²) in [5.74, 6) is -0.613. The molecule has 2 heterocycles. The predicted octanol–water partition coefficient (Wildman–Crippen LogP) is 2.99. The molecule has 1 unspecified atom stereocenters. The Kier molecular flexibility index (Phi) is 5.59. The summed E-state index contributed by atoms with van der Waals surface area (Å²) < 4.78 is 19.0. The van der Waals surface area contributed by atoms with Crippen LogP contribution in [-0.2, 0) is 14.3 Å². The first-order valence-electron chi connectivity index (χ1n) is 8.61. The minimum absolute atomic E-state index is 0.0218. The van der Waals surface area contributed by atoms with Gasteiger partial charge in [0.1, 0.15) is 30.1 Å². The van der Waals surface area contributed by atoms with Crippen LogP contribution in [0.5, 0.6) is 0 Å². The highest BCUT2D eigenvalue weighted by atomic mass is 35.5. The fourth-order valence-corrected chi connectivity index (χ4v) is 3.64. The number of aliphatic hydroxyl groups is 2. The third-order valence-corrected chi connectivity index (χ3v) is 5.45. The normalized spacial score (nSPS) is 25.6. The lowest BCUT2D eigenvalue weighted by Gasteiger charge is -2.19. The van der Waals surface area contributed by atoms with Gasteiger partial charge in [-0.2, -0.15) is 0 Å². The lowest BCUT2D eigenvalue weighted by molar-refractivity contribution is -0.149. The molecule has 1 fully saturated rings. The van der Waals surface area contributed by atoms with Gasteiger partial charge in [0.15, 0.2) is 12.5 Å². The molecule has 3 rings (SSSR count). The van der Waals surface area contributed by atoms with Gasteiger partial charge in [-0.25, -0.2) is 0 Å². The highest BCUT2D eigenvalue weighted by Gasteiger charge is 2.45. The minimum Gasteiger partial charge on any atom is -0.463 e. The van der Waals surface area contributed by atoms with Gasteiger partial charge in [0, 0.05) is 13.2 Å². The van der Waals surface area contributed by atoms with Crippen LogP contribution in [0.25, 0.3) is 10.9 Å². The van der Waals surface area contributed by atoms with E-state index in [-0.39, 0.29) is 40.7 Å². The predicted molar refractivity (Wildman–Crippen MR) is 99.5 cm³/mol. The van der Waals surface area contributed by atoms with E-state index in [0.717, 1.165) is 0 Å². The number of halogens is 3. The molecular weight excluding hydrogens is 421 g/mol. The summed E-state index contributed by atoms with van der Waals surface area (Å²) in [6.07, 6.45) is -4.51. The molecule has 10 heteroatoms. The molecule has 0 amide bonds. The first kappa shape index (κ1) is 19.0. The van der Waals surface area contributed by atoms with Crippen LogP contribution >= 0.6 is 34.8 Å². The topological polar surface area (TPSA) is 98.0 Å². The number of esters is 1. The molecule has 2 aromatic rings. The number of carbonyl (C=O) groups excluding carboxylic acids is 2. The lowest BCUT2D eigenvalue weighted by atomic mass is 10.1. The zero-order valence-corrected chi connectivity index (χ0v) is 16.0. The molecule has 1 saturated heterocycles. The Morgan fingerprint density at radius 1 is 1.33 bits per heavy atom. The Labute approximate surface area is 170 Å². The average Bonchev–Trinajstić information content (AvgIpc) is 3.07. The molecule has 7 nitrogen and oxygen atoms in total. The maximum absolute atomic E-state index is 11.5. The van der Waals surface area contributed by atoms with Crippen LogP contribution in [0.3, 0.4) is 0 Å². The molecule has 1 aromatic carbocycles. The zero-order chi connectivity index (χ0) is 20.6. The van der Waals surface area contributed by atoms with E-state index in [9.17, 15) is 19.8 Å². The van der Waals surface area contributed by atoms with Crippen molar-refractivity contribution < 1.29 is 30.6 Å². The summed E-state index contributed by atoms with van der Waals surface area (Å²) in [4.78, 5) is 23.0. The maximum Gasteiger partial charge on any atom is 0.305 e. The van der Waals surface area contributed by atoms with Crippen molar-refractivity contribution in [1.29, 1.82) is 0 Å². The van der Waals surface area contributed by atoms with E-state index in [1.807, 2.05) is 0 Å². The van der Waals surface area contributed by atoms with Crippen LogP contribution in [0.15, 0.2) is 12.1 Å². The van der Waals surface area contributed by atoms with E-state index in [4.69, 9.17) is 45.6 Å². The van der Waals surface area contributed by atoms with Gasteiger partial charge in [0.25, 0.3) is 0 Å². The molecule has 0 spiro atoms. The van der Waals surface area contributed by atoms with Crippen molar-refractivity contribution >= 4 is 58.0 Å². The van der Waals surface area contributed by atoms with E-state index in [2.05, 4.69) is 0 Å². The number of hydrogen-bond acceptors (Lipinski definition) is 6. The number of aliphatic hydroxyl groups excluding tert-OH is 2. The van der Waals surface area contributed by atoms with Crippen LogP contribution < -0.4 is 0 Å². The second-order valence-electron chi connectivity index (χ2n) is 5.96. The molecule has 0 saturated carbocycles. The summed E-state index contributed by atoms with van der Waals surface area (Å²) in [6, 6.07) is 2.95. The molecule has 0 bridgehead atoms. The van der Waals surface area contributed by atoms with E-state index in [1.54, 1.807) is 0 Å². The van der Waals surface area contributed by atoms with Crippen LogP contribution in [-0.4, -0.2) is 52.0 Å². The van der Waals surface area contributed by atoms with Crippen molar-refractivity contribution in [3.05, 3.63) is 32.9 Å². The summed E-state index contributed by atoms with van der Waals surface area (Å²) in [6.45, 7) is -0.432. The Hall–Kier alpha value is -1.35. The molecule has 0 aliphatic carbocycles. The largest absolute Gasteiger partial charge is 0.463 e. The quantitative estimate of drug-likeness (QED) is 0.551. The number of carbonyl (C=O) groups is 2. The number of aldehydes is 1. The molecule has 27 heavy (non-hydrogen) atoms. The van der Waals surface area contributed by atoms with Crippen molar-refractivity contribution in [1.82, 2.24) is 4.57 Å². The molecule has 146 valence electrons. The van der Waals surface area contributed by atoms with E-state index in [1.165, 1.54) is 16.7 Å². The third kappa shape index (κ3) is 3.55. The van der Waals surface area contributed by atoms with Gasteiger partial charge < -0.3 is 24.3 Å². The van der Waals surface area contributed by atoms with E-state index >= 15 is 0 Å². The van der Waals surface area contributed by atoms with Gasteiger partial charge in [-0.3, -0.25) is 9.59 Å². The van der Waals surface area contributed by atoms with Crippen LogP contribution in [0, 0.1) is 0 Å². The fraction of sp³-hybridized carbons (Fsp3) is 0.412. The van der Waals surface area contributed by atoms with Crippen molar-refractivity contribution in [3.63, 3.8) is 0 Å². The van der Waals surface area contributed by atoms with Gasteiger partial charge in [-0.15, -0.1) is 0 Å². The molecular formula is C17H16Cl3NO6. The number of aromatic nitrogens is 1. The Morgan fingerprint density at radius 2 is 2.04 bits per heavy atom. The van der Waals surface area contributed by atoms with Gasteiger partial charge in [0.2, 0.25) is 0 Å². The smallest absolute Gasteiger partial charge is 0.305 e. The second-order valence-corrected chi connectivity index (χ2v) is 7.13. The monoisotopic (exact) mass is 436 g/mol. The summed E-state index contributed by atoms with van der Waals surface area (Å²) in [5.41, 5.74) is 0.510. The average molecular weight is 438 g/mol. The van der Waals surface area contributed by atoms with E-state index < -0.39 is 30.5 Å². The number of rotatable bonds is 5. The molecule has 1 aromatic heterocycles. The van der Waals surface area contributed by atoms with Crippen molar-refractivity contribution in [2.45, 2.75) is 37.9 Å². The fourth-order valence-electron chi connectivity index (χ4n) is 2.99.